The number of amides is 1. The lowest BCUT2D eigenvalue weighted by Crippen LogP contribution is -2.43. The van der Waals surface area contributed by atoms with E-state index < -0.39 is 16.0 Å². The average Bonchev–Trinajstić information content (AvgIpc) is 2.55. The van der Waals surface area contributed by atoms with Crippen LogP contribution in [0.25, 0.3) is 0 Å². The van der Waals surface area contributed by atoms with Gasteiger partial charge in [0, 0.05) is 37.9 Å². The van der Waals surface area contributed by atoms with E-state index in [9.17, 15) is 23.1 Å². The number of sulfonamides is 1. The predicted octanol–water partition coefficient (Wildman–Crippen LogP) is -0.656. The van der Waals surface area contributed by atoms with Gasteiger partial charge in [0.15, 0.2) is 0 Å². The van der Waals surface area contributed by atoms with Crippen LogP contribution in [0, 0.1) is 5.92 Å². The van der Waals surface area contributed by atoms with E-state index >= 15 is 0 Å². The molecule has 0 unspecified atom stereocenters. The molecule has 0 spiro atoms. The number of piperidine rings is 1. The third-order valence-electron chi connectivity index (χ3n) is 3.83. The highest BCUT2D eigenvalue weighted by molar-refractivity contribution is 7.89. The van der Waals surface area contributed by atoms with Crippen LogP contribution in [0.2, 0.25) is 0 Å². The molecule has 0 atom stereocenters. The Morgan fingerprint density at radius 2 is 1.78 bits per heavy atom. The normalized spacial score (nSPS) is 16.9. The summed E-state index contributed by atoms with van der Waals surface area (Å²) in [6.45, 7) is 0.579. The SMILES string of the molecule is O=C([O-])CCNC(=O)C1CCN(S(=O)(=O)c2ccccc2)CC1. The zero-order chi connectivity index (χ0) is 16.9. The Labute approximate surface area is 135 Å². The second kappa shape index (κ2) is 7.56. The number of nitrogens with one attached hydrogen (secondary N) is 1. The number of carbonyl (C=O) groups is 2. The summed E-state index contributed by atoms with van der Waals surface area (Å²) in [6.07, 6.45) is 0.611. The molecule has 0 bridgehead atoms. The number of carbonyl (C=O) groups excluding carboxylic acids is 2. The van der Waals surface area contributed by atoms with Crippen LogP contribution in [0.15, 0.2) is 35.2 Å². The minimum absolute atomic E-state index is 0.0314. The van der Waals surface area contributed by atoms with Crippen molar-refractivity contribution < 1.29 is 23.1 Å². The fraction of sp³-hybridized carbons (Fsp3) is 0.467. The Bertz CT molecular complexity index is 652. The van der Waals surface area contributed by atoms with Gasteiger partial charge in [0.05, 0.1) is 4.90 Å². The minimum Gasteiger partial charge on any atom is -0.550 e. The summed E-state index contributed by atoms with van der Waals surface area (Å²) in [7, 11) is -3.52. The van der Waals surface area contributed by atoms with Gasteiger partial charge in [-0.05, 0) is 25.0 Å². The zero-order valence-corrected chi connectivity index (χ0v) is 13.4. The fourth-order valence-corrected chi connectivity index (χ4v) is 4.02. The number of nitrogens with zero attached hydrogens (tertiary/aromatic N) is 1. The first-order valence-electron chi connectivity index (χ1n) is 7.44. The minimum atomic E-state index is -3.52. The molecule has 2 rings (SSSR count). The number of aliphatic carboxylic acids is 1. The van der Waals surface area contributed by atoms with E-state index in [0.29, 0.717) is 12.8 Å². The molecule has 0 aliphatic carbocycles. The molecule has 1 N–H and O–H groups in total. The standard InChI is InChI=1S/C15H20N2O5S/c18-14(19)6-9-16-15(20)12-7-10-17(11-8-12)23(21,22)13-4-2-1-3-5-13/h1-5,12H,6-11H2,(H,16,20)(H,18,19)/p-1. The van der Waals surface area contributed by atoms with Gasteiger partial charge in [0.2, 0.25) is 15.9 Å². The maximum atomic E-state index is 12.5. The molecule has 0 aromatic heterocycles. The summed E-state index contributed by atoms with van der Waals surface area (Å²) in [5.41, 5.74) is 0. The Kier molecular flexibility index (Phi) is 5.73. The summed E-state index contributed by atoms with van der Waals surface area (Å²) in [4.78, 5) is 22.5. The Morgan fingerprint density at radius 3 is 2.35 bits per heavy atom. The first-order chi connectivity index (χ1) is 10.9. The van der Waals surface area contributed by atoms with Crippen molar-refractivity contribution in [2.24, 2.45) is 5.92 Å². The van der Waals surface area contributed by atoms with Crippen molar-refractivity contribution in [1.82, 2.24) is 9.62 Å². The van der Waals surface area contributed by atoms with E-state index in [1.807, 2.05) is 0 Å². The maximum absolute atomic E-state index is 12.5. The van der Waals surface area contributed by atoms with Crippen molar-refractivity contribution in [3.63, 3.8) is 0 Å². The van der Waals surface area contributed by atoms with Crippen molar-refractivity contribution in [3.8, 4) is 0 Å². The van der Waals surface area contributed by atoms with Gasteiger partial charge in [-0.1, -0.05) is 18.2 Å². The average molecular weight is 339 g/mol. The molecule has 23 heavy (non-hydrogen) atoms. The van der Waals surface area contributed by atoms with Crippen LogP contribution < -0.4 is 10.4 Å². The molecular formula is C15H19N2O5S-. The van der Waals surface area contributed by atoms with E-state index in [1.165, 1.54) is 4.31 Å². The lowest BCUT2D eigenvalue weighted by Gasteiger charge is -2.30. The molecule has 7 nitrogen and oxygen atoms in total. The van der Waals surface area contributed by atoms with Gasteiger partial charge in [-0.15, -0.1) is 0 Å². The quantitative estimate of drug-likeness (QED) is 0.741. The highest BCUT2D eigenvalue weighted by Gasteiger charge is 2.31. The molecule has 1 aromatic rings. The number of hydrogen-bond donors (Lipinski definition) is 1. The Hall–Kier alpha value is -1.93. The summed E-state index contributed by atoms with van der Waals surface area (Å²) in [5.74, 6) is -1.74. The van der Waals surface area contributed by atoms with Crippen molar-refractivity contribution in [2.75, 3.05) is 19.6 Å². The molecule has 0 saturated carbocycles. The molecule has 126 valence electrons. The summed E-state index contributed by atoms with van der Waals surface area (Å²) in [6, 6.07) is 8.19. The number of carboxylic acids is 1. The zero-order valence-electron chi connectivity index (χ0n) is 12.6. The smallest absolute Gasteiger partial charge is 0.243 e. The third kappa shape index (κ3) is 4.52. The lowest BCUT2D eigenvalue weighted by molar-refractivity contribution is -0.305. The topological polar surface area (TPSA) is 107 Å². The molecule has 1 aliphatic rings. The third-order valence-corrected chi connectivity index (χ3v) is 5.75. The van der Waals surface area contributed by atoms with E-state index in [0.717, 1.165) is 0 Å². The van der Waals surface area contributed by atoms with Gasteiger partial charge >= 0.3 is 0 Å². The molecule has 8 heteroatoms. The highest BCUT2D eigenvalue weighted by Crippen LogP contribution is 2.23. The summed E-state index contributed by atoms with van der Waals surface area (Å²) >= 11 is 0. The number of carboxylic acid groups (broad SMARTS) is 1. The summed E-state index contributed by atoms with van der Waals surface area (Å²) < 4.78 is 26.3. The Morgan fingerprint density at radius 1 is 1.17 bits per heavy atom. The first-order valence-corrected chi connectivity index (χ1v) is 8.88. The second-order valence-electron chi connectivity index (χ2n) is 5.40. The monoisotopic (exact) mass is 339 g/mol. The summed E-state index contributed by atoms with van der Waals surface area (Å²) in [5, 5.41) is 12.9. The van der Waals surface area contributed by atoms with E-state index in [-0.39, 0.29) is 42.8 Å². The van der Waals surface area contributed by atoms with Gasteiger partial charge < -0.3 is 15.2 Å². The second-order valence-corrected chi connectivity index (χ2v) is 7.34. The molecule has 1 fully saturated rings. The first kappa shape index (κ1) is 17.4. The van der Waals surface area contributed by atoms with Crippen LogP contribution in [-0.2, 0) is 19.6 Å². The lowest BCUT2D eigenvalue weighted by atomic mass is 9.97. The predicted molar refractivity (Wildman–Crippen MR) is 80.6 cm³/mol. The molecule has 0 radical (unpaired) electrons. The molecule has 1 aliphatic heterocycles. The highest BCUT2D eigenvalue weighted by atomic mass is 32.2. The van der Waals surface area contributed by atoms with Gasteiger partial charge in [0.1, 0.15) is 0 Å². The maximum Gasteiger partial charge on any atom is 0.243 e. The number of rotatable bonds is 6. The van der Waals surface area contributed by atoms with Crippen LogP contribution in [0.4, 0.5) is 0 Å². The van der Waals surface area contributed by atoms with Gasteiger partial charge in [-0.3, -0.25) is 4.79 Å². The van der Waals surface area contributed by atoms with Crippen molar-refractivity contribution in [1.29, 1.82) is 0 Å². The Balaban J connectivity index is 1.88. The van der Waals surface area contributed by atoms with Crippen LogP contribution in [0.1, 0.15) is 19.3 Å². The van der Waals surface area contributed by atoms with E-state index in [4.69, 9.17) is 0 Å². The van der Waals surface area contributed by atoms with Gasteiger partial charge in [-0.25, -0.2) is 8.42 Å². The van der Waals surface area contributed by atoms with Gasteiger partial charge in [-0.2, -0.15) is 4.31 Å². The van der Waals surface area contributed by atoms with Crippen molar-refractivity contribution in [2.45, 2.75) is 24.2 Å². The molecular weight excluding hydrogens is 320 g/mol. The van der Waals surface area contributed by atoms with Gasteiger partial charge in [0.25, 0.3) is 0 Å². The largest absolute Gasteiger partial charge is 0.550 e. The molecule has 1 saturated heterocycles. The van der Waals surface area contributed by atoms with Crippen molar-refractivity contribution in [3.05, 3.63) is 30.3 Å². The molecule has 1 amide bonds. The van der Waals surface area contributed by atoms with E-state index in [1.54, 1.807) is 30.3 Å². The van der Waals surface area contributed by atoms with Crippen LogP contribution in [0.5, 0.6) is 0 Å². The van der Waals surface area contributed by atoms with Crippen molar-refractivity contribution >= 4 is 21.9 Å². The van der Waals surface area contributed by atoms with Crippen LogP contribution in [-0.4, -0.2) is 44.2 Å². The van der Waals surface area contributed by atoms with Crippen LogP contribution >= 0.6 is 0 Å². The molecule has 1 aromatic carbocycles. The number of benzene rings is 1. The number of hydrogen-bond acceptors (Lipinski definition) is 5. The molecule has 1 heterocycles. The van der Waals surface area contributed by atoms with Crippen LogP contribution in [0.3, 0.4) is 0 Å². The fourth-order valence-electron chi connectivity index (χ4n) is 2.53. The van der Waals surface area contributed by atoms with E-state index in [2.05, 4.69) is 5.32 Å².